The molecule has 3 aromatic rings. The first-order chi connectivity index (χ1) is 18.1. The number of piperidine rings is 1. The van der Waals surface area contributed by atoms with Gasteiger partial charge < -0.3 is 25.8 Å². The third-order valence-corrected chi connectivity index (χ3v) is 7.14. The van der Waals surface area contributed by atoms with E-state index in [-0.39, 0.29) is 17.7 Å². The summed E-state index contributed by atoms with van der Waals surface area (Å²) in [5.41, 5.74) is 9.12. The van der Waals surface area contributed by atoms with Crippen LogP contribution >= 0.6 is 11.3 Å². The highest BCUT2D eigenvalue weighted by molar-refractivity contribution is 7.07. The fraction of sp³-hybridized carbons (Fsp3) is 0.333. The zero-order valence-electron chi connectivity index (χ0n) is 20.5. The van der Waals surface area contributed by atoms with Crippen molar-refractivity contribution in [2.75, 3.05) is 25.4 Å². The van der Waals surface area contributed by atoms with Gasteiger partial charge in [0, 0.05) is 48.6 Å². The highest BCUT2D eigenvalue weighted by Crippen LogP contribution is 2.25. The lowest BCUT2D eigenvalue weighted by Crippen LogP contribution is -2.45. The van der Waals surface area contributed by atoms with Gasteiger partial charge in [-0.2, -0.15) is 24.5 Å². The summed E-state index contributed by atoms with van der Waals surface area (Å²) < 4.78 is 43.7. The van der Waals surface area contributed by atoms with Crippen LogP contribution in [0.15, 0.2) is 59.3 Å². The standard InChI is InChI=1S/C27H29F3N4O3S/c28-27(29,30)24(35)15-34-10-7-21(8-11-34)37-20-4-1-18(2-5-20)25(32)22-13-19(3-6-23(22)31)26(36)33-14-17-9-12-38-16-17/h1-6,9,12-13,16,21,24,32,35H,7-8,10-11,14-15,31H2,(H,33,36). The third-order valence-electron chi connectivity index (χ3n) is 6.41. The number of nitrogens with one attached hydrogen (secondary N) is 2. The summed E-state index contributed by atoms with van der Waals surface area (Å²) in [4.78, 5) is 14.2. The molecule has 4 rings (SSSR count). The van der Waals surface area contributed by atoms with E-state index in [9.17, 15) is 23.1 Å². The second-order valence-corrected chi connectivity index (χ2v) is 9.97. The third kappa shape index (κ3) is 7.12. The number of likely N-dealkylation sites (tertiary alicyclic amines) is 1. The number of amides is 1. The Kier molecular flexibility index (Phi) is 8.70. The quantitative estimate of drug-likeness (QED) is 0.234. The zero-order valence-corrected chi connectivity index (χ0v) is 21.3. The maximum Gasteiger partial charge on any atom is 0.415 e. The van der Waals surface area contributed by atoms with Gasteiger partial charge in [-0.3, -0.25) is 10.2 Å². The van der Waals surface area contributed by atoms with Gasteiger partial charge in [-0.1, -0.05) is 0 Å². The predicted molar refractivity (Wildman–Crippen MR) is 141 cm³/mol. The second kappa shape index (κ2) is 12.0. The van der Waals surface area contributed by atoms with Crippen LogP contribution in [-0.4, -0.2) is 59.6 Å². The van der Waals surface area contributed by atoms with E-state index < -0.39 is 18.8 Å². The Morgan fingerprint density at radius 3 is 2.47 bits per heavy atom. The van der Waals surface area contributed by atoms with E-state index in [4.69, 9.17) is 15.9 Å². The van der Waals surface area contributed by atoms with Crippen LogP contribution in [0.5, 0.6) is 5.75 Å². The molecule has 1 fully saturated rings. The molecule has 1 amide bonds. The highest BCUT2D eigenvalue weighted by Gasteiger charge is 2.39. The number of anilines is 1. The maximum atomic E-state index is 12.6. The number of hydrogen-bond acceptors (Lipinski definition) is 7. The second-order valence-electron chi connectivity index (χ2n) is 9.19. The van der Waals surface area contributed by atoms with Crippen LogP contribution in [0, 0.1) is 5.41 Å². The van der Waals surface area contributed by atoms with Crippen molar-refractivity contribution in [1.29, 1.82) is 5.41 Å². The highest BCUT2D eigenvalue weighted by atomic mass is 32.1. The lowest BCUT2D eigenvalue weighted by Gasteiger charge is -2.33. The first-order valence-electron chi connectivity index (χ1n) is 12.1. The van der Waals surface area contributed by atoms with Gasteiger partial charge in [0.25, 0.3) is 5.91 Å². The molecule has 1 aliphatic rings. The Morgan fingerprint density at radius 2 is 1.84 bits per heavy atom. The van der Waals surface area contributed by atoms with Crippen LogP contribution in [-0.2, 0) is 6.54 Å². The van der Waals surface area contributed by atoms with Crippen molar-refractivity contribution in [3.63, 3.8) is 0 Å². The number of aliphatic hydroxyl groups excluding tert-OH is 1. The number of nitrogens with zero attached hydrogens (tertiary/aromatic N) is 1. The molecule has 1 atom stereocenters. The number of carbonyl (C=O) groups is 1. The van der Waals surface area contributed by atoms with Crippen LogP contribution in [0.1, 0.15) is 39.9 Å². The smallest absolute Gasteiger partial charge is 0.415 e. The molecule has 7 nitrogen and oxygen atoms in total. The van der Waals surface area contributed by atoms with Crippen molar-refractivity contribution in [2.45, 2.75) is 37.8 Å². The molecule has 1 aromatic heterocycles. The minimum Gasteiger partial charge on any atom is -0.490 e. The van der Waals surface area contributed by atoms with E-state index >= 15 is 0 Å². The van der Waals surface area contributed by atoms with Gasteiger partial charge in [-0.05, 0) is 77.7 Å². The van der Waals surface area contributed by atoms with E-state index in [1.54, 1.807) is 58.7 Å². The van der Waals surface area contributed by atoms with E-state index in [0.29, 0.717) is 60.6 Å². The van der Waals surface area contributed by atoms with Crippen LogP contribution in [0.25, 0.3) is 0 Å². The molecular weight excluding hydrogens is 517 g/mol. The number of rotatable bonds is 9. The van der Waals surface area contributed by atoms with Crippen molar-refractivity contribution < 1.29 is 27.8 Å². The van der Waals surface area contributed by atoms with Crippen LogP contribution < -0.4 is 15.8 Å². The average molecular weight is 547 g/mol. The van der Waals surface area contributed by atoms with Crippen LogP contribution in [0.3, 0.4) is 0 Å². The Morgan fingerprint density at radius 1 is 1.16 bits per heavy atom. The Hall–Kier alpha value is -3.41. The molecule has 1 saturated heterocycles. The number of alkyl halides is 3. The van der Waals surface area contributed by atoms with Crippen LogP contribution in [0.4, 0.5) is 18.9 Å². The molecular formula is C27H29F3N4O3S. The summed E-state index contributed by atoms with van der Waals surface area (Å²) in [6.07, 6.45) is -6.04. The zero-order chi connectivity index (χ0) is 27.3. The van der Waals surface area contributed by atoms with Crippen molar-refractivity contribution in [2.24, 2.45) is 0 Å². The fourth-order valence-electron chi connectivity index (χ4n) is 4.20. The number of benzene rings is 2. The van der Waals surface area contributed by atoms with Gasteiger partial charge in [-0.15, -0.1) is 0 Å². The molecule has 2 heterocycles. The lowest BCUT2D eigenvalue weighted by atomic mass is 9.98. The van der Waals surface area contributed by atoms with Crippen molar-refractivity contribution in [3.05, 3.63) is 81.5 Å². The predicted octanol–water partition coefficient (Wildman–Crippen LogP) is 4.44. The van der Waals surface area contributed by atoms with Crippen molar-refractivity contribution in [3.8, 4) is 5.75 Å². The SMILES string of the molecule is N=C(c1ccc(OC2CCN(CC(O)C(F)(F)F)CC2)cc1)c1cc(C(=O)NCc2ccsc2)ccc1N. The number of ether oxygens (including phenoxy) is 1. The van der Waals surface area contributed by atoms with E-state index in [0.717, 1.165) is 5.56 Å². The Labute approximate surface area is 222 Å². The number of halogens is 3. The van der Waals surface area contributed by atoms with Crippen molar-refractivity contribution >= 4 is 28.6 Å². The molecule has 202 valence electrons. The summed E-state index contributed by atoms with van der Waals surface area (Å²) in [7, 11) is 0. The van der Waals surface area contributed by atoms with Gasteiger partial charge in [-0.25, -0.2) is 0 Å². The molecule has 0 spiro atoms. The first kappa shape index (κ1) is 27.6. The minimum absolute atomic E-state index is 0.153. The molecule has 0 bridgehead atoms. The fourth-order valence-corrected chi connectivity index (χ4v) is 4.87. The number of nitrogen functional groups attached to an aromatic ring is 1. The topological polar surface area (TPSA) is 112 Å². The molecule has 1 aliphatic heterocycles. The summed E-state index contributed by atoms with van der Waals surface area (Å²) in [6.45, 7) is 0.775. The molecule has 2 aromatic carbocycles. The Bertz CT molecular complexity index is 1240. The van der Waals surface area contributed by atoms with Crippen molar-refractivity contribution in [1.82, 2.24) is 10.2 Å². The molecule has 0 radical (unpaired) electrons. The number of carbonyl (C=O) groups excluding carboxylic acids is 1. The monoisotopic (exact) mass is 546 g/mol. The number of thiophene rings is 1. The normalized spacial score (nSPS) is 15.7. The first-order valence-corrected chi connectivity index (χ1v) is 13.1. The summed E-state index contributed by atoms with van der Waals surface area (Å²) >= 11 is 1.56. The average Bonchev–Trinajstić information content (AvgIpc) is 3.42. The summed E-state index contributed by atoms with van der Waals surface area (Å²) in [5, 5.41) is 24.7. The number of β-amino-alcohol motifs (C(OH)–C–C–N with tert-alkyl or cyclic N) is 1. The molecule has 5 N–H and O–H groups in total. The molecule has 38 heavy (non-hydrogen) atoms. The van der Waals surface area contributed by atoms with E-state index in [2.05, 4.69) is 5.32 Å². The Balaban J connectivity index is 1.33. The summed E-state index contributed by atoms with van der Waals surface area (Å²) in [5.74, 6) is 0.331. The van der Waals surface area contributed by atoms with Gasteiger partial charge in [0.05, 0.1) is 5.71 Å². The van der Waals surface area contributed by atoms with Crippen LogP contribution in [0.2, 0.25) is 0 Å². The maximum absolute atomic E-state index is 12.6. The van der Waals surface area contributed by atoms with E-state index in [1.807, 2.05) is 16.8 Å². The molecule has 1 unspecified atom stereocenters. The van der Waals surface area contributed by atoms with Gasteiger partial charge in [0.1, 0.15) is 11.9 Å². The van der Waals surface area contributed by atoms with E-state index in [1.165, 1.54) is 0 Å². The summed E-state index contributed by atoms with van der Waals surface area (Å²) in [6, 6.07) is 13.7. The van der Waals surface area contributed by atoms with Gasteiger partial charge in [0.15, 0.2) is 6.10 Å². The molecule has 0 aliphatic carbocycles. The number of aliphatic hydroxyl groups is 1. The van der Waals surface area contributed by atoms with Gasteiger partial charge >= 0.3 is 6.18 Å². The largest absolute Gasteiger partial charge is 0.490 e. The van der Waals surface area contributed by atoms with Gasteiger partial charge in [0.2, 0.25) is 0 Å². The minimum atomic E-state index is -4.62. The lowest BCUT2D eigenvalue weighted by molar-refractivity contribution is -0.208. The molecule has 0 saturated carbocycles. The molecule has 11 heteroatoms. The number of hydrogen-bond donors (Lipinski definition) is 4. The number of nitrogens with two attached hydrogens (primary N) is 1.